The van der Waals surface area contributed by atoms with Crippen LogP contribution in [-0.2, 0) is 9.47 Å². The van der Waals surface area contributed by atoms with Crippen LogP contribution in [0.1, 0.15) is 50.6 Å². The van der Waals surface area contributed by atoms with E-state index in [1.54, 1.807) is 51.3 Å². The van der Waals surface area contributed by atoms with Gasteiger partial charge in [0.25, 0.3) is 5.69 Å². The number of carbonyl (C=O) groups excluding carboxylic acids is 3. The molecule has 2 aromatic carbocycles. The molecule has 0 spiro atoms. The molecule has 4 rings (SSSR count). The van der Waals surface area contributed by atoms with Crippen molar-refractivity contribution in [2.45, 2.75) is 13.8 Å². The average Bonchev–Trinajstić information content (AvgIpc) is 3.27. The summed E-state index contributed by atoms with van der Waals surface area (Å²) in [7, 11) is 1.55. The third kappa shape index (κ3) is 4.81. The van der Waals surface area contributed by atoms with Gasteiger partial charge in [-0.15, -0.1) is 0 Å². The highest BCUT2D eigenvalue weighted by atomic mass is 16.6. The fraction of sp³-hybridized carbons (Fsp3) is 0.185. The summed E-state index contributed by atoms with van der Waals surface area (Å²) in [5, 5.41) is 11.1. The van der Waals surface area contributed by atoms with Crippen LogP contribution in [0.15, 0.2) is 60.9 Å². The van der Waals surface area contributed by atoms with Crippen LogP contribution in [0.4, 0.5) is 5.69 Å². The van der Waals surface area contributed by atoms with Crippen LogP contribution in [0.5, 0.6) is 5.75 Å². The second kappa shape index (κ2) is 10.9. The summed E-state index contributed by atoms with van der Waals surface area (Å²) >= 11 is 0. The normalized spacial score (nSPS) is 10.7. The number of nitro groups is 1. The topological polar surface area (TPSA) is 139 Å². The maximum atomic E-state index is 13.7. The van der Waals surface area contributed by atoms with Crippen molar-refractivity contribution < 1.29 is 33.5 Å². The molecule has 11 nitrogen and oxygen atoms in total. The lowest BCUT2D eigenvalue weighted by molar-refractivity contribution is -0.384. The number of nitrogens with zero attached hydrogens (tertiary/aromatic N) is 3. The van der Waals surface area contributed by atoms with E-state index in [0.717, 1.165) is 0 Å². The van der Waals surface area contributed by atoms with Crippen LogP contribution < -0.4 is 4.74 Å². The first-order valence-electron chi connectivity index (χ1n) is 11.6. The third-order valence-corrected chi connectivity index (χ3v) is 5.73. The minimum atomic E-state index is -0.893. The molecule has 0 amide bonds. The number of rotatable bonds is 9. The zero-order valence-electron chi connectivity index (χ0n) is 20.8. The first-order valence-corrected chi connectivity index (χ1v) is 11.6. The van der Waals surface area contributed by atoms with E-state index in [0.29, 0.717) is 17.0 Å². The molecule has 0 saturated carbocycles. The van der Waals surface area contributed by atoms with Gasteiger partial charge in [0.05, 0.1) is 36.5 Å². The van der Waals surface area contributed by atoms with Crippen molar-refractivity contribution in [1.29, 1.82) is 0 Å². The number of ether oxygens (including phenoxy) is 3. The molecule has 0 bridgehead atoms. The molecule has 0 atom stereocenters. The summed E-state index contributed by atoms with van der Waals surface area (Å²) in [5.74, 6) is -1.73. The van der Waals surface area contributed by atoms with Crippen molar-refractivity contribution in [2.75, 3.05) is 20.3 Å². The lowest BCUT2D eigenvalue weighted by Gasteiger charge is -2.07. The van der Waals surface area contributed by atoms with Crippen molar-refractivity contribution in [1.82, 2.24) is 9.38 Å². The van der Waals surface area contributed by atoms with E-state index in [2.05, 4.69) is 4.98 Å². The predicted molar refractivity (Wildman–Crippen MR) is 136 cm³/mol. The van der Waals surface area contributed by atoms with E-state index in [1.807, 2.05) is 0 Å². The Balaban J connectivity index is 1.99. The highest BCUT2D eigenvalue weighted by molar-refractivity contribution is 6.20. The predicted octanol–water partition coefficient (Wildman–Crippen LogP) is 4.50. The van der Waals surface area contributed by atoms with Gasteiger partial charge >= 0.3 is 11.9 Å². The number of carbonyl (C=O) groups is 3. The molecule has 0 aliphatic rings. The highest BCUT2D eigenvalue weighted by Crippen LogP contribution is 2.31. The molecule has 0 aliphatic heterocycles. The molecule has 0 unspecified atom stereocenters. The molecule has 4 aromatic rings. The van der Waals surface area contributed by atoms with E-state index in [-0.39, 0.29) is 46.8 Å². The van der Waals surface area contributed by atoms with Crippen LogP contribution in [0.2, 0.25) is 0 Å². The largest absolute Gasteiger partial charge is 0.497 e. The Kier molecular flexibility index (Phi) is 7.47. The van der Waals surface area contributed by atoms with Crippen molar-refractivity contribution in [2.24, 2.45) is 0 Å². The lowest BCUT2D eigenvalue weighted by Crippen LogP contribution is -2.16. The molecule has 2 aromatic heterocycles. The smallest absolute Gasteiger partial charge is 0.341 e. The summed E-state index contributed by atoms with van der Waals surface area (Å²) < 4.78 is 17.0. The summed E-state index contributed by atoms with van der Waals surface area (Å²) in [6.45, 7) is 3.24. The molecule has 0 saturated heterocycles. The van der Waals surface area contributed by atoms with Gasteiger partial charge in [0.2, 0.25) is 5.78 Å². The minimum Gasteiger partial charge on any atom is -0.497 e. The quantitative estimate of drug-likeness (QED) is 0.136. The van der Waals surface area contributed by atoms with Gasteiger partial charge in [-0.1, -0.05) is 0 Å². The molecule has 0 aliphatic carbocycles. The zero-order valence-corrected chi connectivity index (χ0v) is 20.8. The number of methoxy groups -OCH3 is 1. The Hall–Kier alpha value is -5.06. The zero-order chi connectivity index (χ0) is 27.4. The number of hydrogen-bond donors (Lipinski definition) is 0. The number of nitro benzene ring substituents is 1. The summed E-state index contributed by atoms with van der Waals surface area (Å²) in [4.78, 5) is 54.9. The molecule has 194 valence electrons. The molecule has 2 heterocycles. The first-order chi connectivity index (χ1) is 18.3. The number of aromatic nitrogens is 2. The van der Waals surface area contributed by atoms with E-state index >= 15 is 0 Å². The number of esters is 2. The van der Waals surface area contributed by atoms with Crippen LogP contribution in [0.3, 0.4) is 0 Å². The highest BCUT2D eigenvalue weighted by Gasteiger charge is 2.34. The number of ketones is 1. The molecule has 0 N–H and O–H groups in total. The molecule has 11 heteroatoms. The SMILES string of the molecule is CCOC(=O)c1c(C(=O)OCC)c2cc(-c3ccc(OC)cc3)ncn2c1C(=O)c1ccc([N+](=O)[O-])cc1. The van der Waals surface area contributed by atoms with E-state index in [4.69, 9.17) is 14.2 Å². The molecule has 38 heavy (non-hydrogen) atoms. The Bertz CT molecular complexity index is 1540. The van der Waals surface area contributed by atoms with Gasteiger partial charge in [-0.05, 0) is 56.3 Å². The van der Waals surface area contributed by atoms with Crippen molar-refractivity contribution in [3.8, 4) is 17.0 Å². The molecular formula is C27H23N3O8. The number of hydrogen-bond acceptors (Lipinski definition) is 9. The standard InChI is InChI=1S/C27H23N3O8/c1-4-37-26(32)22-21-14-20(16-8-12-19(36-3)13-9-16)28-15-29(21)24(23(22)27(33)38-5-2)25(31)17-6-10-18(11-7-17)30(34)35/h6-15H,4-5H2,1-3H3. The second-order valence-electron chi connectivity index (χ2n) is 7.93. The van der Waals surface area contributed by atoms with Gasteiger partial charge in [0.1, 0.15) is 28.9 Å². The molecular weight excluding hydrogens is 494 g/mol. The molecule has 0 fully saturated rings. The number of benzene rings is 2. The fourth-order valence-electron chi connectivity index (χ4n) is 3.98. The Morgan fingerprint density at radius 3 is 2.08 bits per heavy atom. The van der Waals surface area contributed by atoms with Gasteiger partial charge in [0.15, 0.2) is 0 Å². The summed E-state index contributed by atoms with van der Waals surface area (Å²) in [6, 6.07) is 13.5. The number of non-ortho nitro benzene ring substituents is 1. The monoisotopic (exact) mass is 517 g/mol. The van der Waals surface area contributed by atoms with Crippen LogP contribution in [0, 0.1) is 10.1 Å². The van der Waals surface area contributed by atoms with Gasteiger partial charge < -0.3 is 14.2 Å². The maximum absolute atomic E-state index is 13.7. The third-order valence-electron chi connectivity index (χ3n) is 5.73. The van der Waals surface area contributed by atoms with E-state index < -0.39 is 22.6 Å². The fourth-order valence-corrected chi connectivity index (χ4v) is 3.98. The van der Waals surface area contributed by atoms with Gasteiger partial charge in [-0.3, -0.25) is 19.3 Å². The van der Waals surface area contributed by atoms with E-state index in [9.17, 15) is 24.5 Å². The van der Waals surface area contributed by atoms with Crippen LogP contribution in [0.25, 0.3) is 16.8 Å². The Morgan fingerprint density at radius 1 is 0.921 bits per heavy atom. The first kappa shape index (κ1) is 26.0. The molecule has 0 radical (unpaired) electrons. The second-order valence-corrected chi connectivity index (χ2v) is 7.93. The summed E-state index contributed by atoms with van der Waals surface area (Å²) in [6.07, 6.45) is 1.33. The summed E-state index contributed by atoms with van der Waals surface area (Å²) in [5.41, 5.74) is 0.635. The Labute approximate surface area is 216 Å². The number of fused-ring (bicyclic) bond motifs is 1. The van der Waals surface area contributed by atoms with Gasteiger partial charge in [-0.25, -0.2) is 14.6 Å². The van der Waals surface area contributed by atoms with Crippen LogP contribution >= 0.6 is 0 Å². The van der Waals surface area contributed by atoms with Gasteiger partial charge in [-0.2, -0.15) is 0 Å². The minimum absolute atomic E-state index is 0.00615. The van der Waals surface area contributed by atoms with Crippen molar-refractivity contribution in [3.63, 3.8) is 0 Å². The average molecular weight is 517 g/mol. The maximum Gasteiger partial charge on any atom is 0.341 e. The van der Waals surface area contributed by atoms with Crippen molar-refractivity contribution in [3.05, 3.63) is 93.4 Å². The van der Waals surface area contributed by atoms with Gasteiger partial charge in [0, 0.05) is 23.3 Å². The van der Waals surface area contributed by atoms with E-state index in [1.165, 1.54) is 35.0 Å². The van der Waals surface area contributed by atoms with Crippen molar-refractivity contribution >= 4 is 28.9 Å². The van der Waals surface area contributed by atoms with Crippen LogP contribution in [-0.4, -0.2) is 52.4 Å². The Morgan fingerprint density at radius 2 is 1.53 bits per heavy atom. The lowest BCUT2D eigenvalue weighted by atomic mass is 10.0.